The predicted octanol–water partition coefficient (Wildman–Crippen LogP) is 4.29. The molecule has 0 heterocycles. The largest absolute Gasteiger partial charge is 0.508 e. The summed E-state index contributed by atoms with van der Waals surface area (Å²) in [6, 6.07) is 5.99. The number of benzene rings is 1. The maximum absolute atomic E-state index is 11.9. The molecule has 0 radical (unpaired) electrons. The van der Waals surface area contributed by atoms with E-state index < -0.39 is 5.97 Å². The summed E-state index contributed by atoms with van der Waals surface area (Å²) in [7, 11) is 0. The van der Waals surface area contributed by atoms with Gasteiger partial charge >= 0.3 is 5.97 Å². The van der Waals surface area contributed by atoms with E-state index in [0.29, 0.717) is 25.2 Å². The number of carbonyl (C=O) groups is 1. The predicted molar refractivity (Wildman–Crippen MR) is 93.1 cm³/mol. The average molecular weight is 338 g/mol. The van der Waals surface area contributed by atoms with E-state index in [2.05, 4.69) is 6.92 Å². The van der Waals surface area contributed by atoms with Gasteiger partial charge in [0, 0.05) is 19.6 Å². The fraction of sp³-hybridized carbons (Fsp3) is 0.632. The zero-order valence-corrected chi connectivity index (χ0v) is 14.8. The van der Waals surface area contributed by atoms with E-state index in [0.717, 1.165) is 19.3 Å². The molecule has 0 amide bonds. The molecule has 1 N–H and O–H groups in total. The second-order valence-electron chi connectivity index (χ2n) is 5.70. The number of phenols is 1. The Hall–Kier alpha value is -1.59. The van der Waals surface area contributed by atoms with Crippen molar-refractivity contribution in [3.05, 3.63) is 29.8 Å². The van der Waals surface area contributed by atoms with Gasteiger partial charge in [-0.25, -0.2) is 4.79 Å². The fourth-order valence-electron chi connectivity index (χ4n) is 2.14. The highest BCUT2D eigenvalue weighted by Gasteiger charge is 2.12. The van der Waals surface area contributed by atoms with Crippen molar-refractivity contribution in [1.29, 1.82) is 0 Å². The van der Waals surface area contributed by atoms with E-state index in [4.69, 9.17) is 14.2 Å². The summed E-state index contributed by atoms with van der Waals surface area (Å²) in [5.41, 5.74) is 0.416. The van der Waals surface area contributed by atoms with Crippen LogP contribution in [0.2, 0.25) is 0 Å². The van der Waals surface area contributed by atoms with E-state index in [9.17, 15) is 9.90 Å². The number of esters is 1. The summed E-state index contributed by atoms with van der Waals surface area (Å²) in [4.78, 5) is 11.9. The van der Waals surface area contributed by atoms with Gasteiger partial charge < -0.3 is 19.3 Å². The normalized spacial score (nSPS) is 12.1. The molecule has 1 unspecified atom stereocenters. The van der Waals surface area contributed by atoms with Crippen molar-refractivity contribution in [3.63, 3.8) is 0 Å². The van der Waals surface area contributed by atoms with Crippen LogP contribution >= 0.6 is 0 Å². The molecular weight excluding hydrogens is 308 g/mol. The minimum absolute atomic E-state index is 0.121. The molecule has 0 saturated heterocycles. The van der Waals surface area contributed by atoms with Crippen LogP contribution in [0.4, 0.5) is 0 Å². The van der Waals surface area contributed by atoms with Crippen LogP contribution in [0.1, 0.15) is 62.7 Å². The van der Waals surface area contributed by atoms with Crippen molar-refractivity contribution < 1.29 is 24.1 Å². The smallest absolute Gasteiger partial charge is 0.338 e. The van der Waals surface area contributed by atoms with E-state index in [-0.39, 0.29) is 18.6 Å². The number of phenolic OH excluding ortho intramolecular Hbond substituents is 1. The molecule has 0 aliphatic carbocycles. The Labute approximate surface area is 144 Å². The van der Waals surface area contributed by atoms with Gasteiger partial charge in [-0.15, -0.1) is 0 Å². The summed E-state index contributed by atoms with van der Waals surface area (Å²) in [6.07, 6.45) is 5.69. The molecule has 0 bridgehead atoms. The first-order chi connectivity index (χ1) is 11.7. The molecule has 5 heteroatoms. The van der Waals surface area contributed by atoms with Crippen molar-refractivity contribution in [2.75, 3.05) is 19.8 Å². The highest BCUT2D eigenvalue weighted by molar-refractivity contribution is 5.89. The second kappa shape index (κ2) is 12.8. The van der Waals surface area contributed by atoms with Gasteiger partial charge in [-0.05, 0) is 37.1 Å². The Morgan fingerprint density at radius 2 is 1.67 bits per heavy atom. The topological polar surface area (TPSA) is 65.0 Å². The number of hydrogen-bond acceptors (Lipinski definition) is 5. The minimum Gasteiger partial charge on any atom is -0.508 e. The first kappa shape index (κ1) is 20.5. The molecule has 1 rings (SSSR count). The van der Waals surface area contributed by atoms with Gasteiger partial charge in [0.2, 0.25) is 0 Å². The summed E-state index contributed by atoms with van der Waals surface area (Å²) >= 11 is 0. The van der Waals surface area contributed by atoms with Crippen molar-refractivity contribution in [3.8, 4) is 5.75 Å². The third-order valence-corrected chi connectivity index (χ3v) is 3.50. The van der Waals surface area contributed by atoms with E-state index in [1.54, 1.807) is 0 Å². The van der Waals surface area contributed by atoms with Gasteiger partial charge in [-0.1, -0.05) is 33.1 Å². The number of rotatable bonds is 13. The highest BCUT2D eigenvalue weighted by atomic mass is 16.7. The number of aromatic hydroxyl groups is 1. The van der Waals surface area contributed by atoms with Gasteiger partial charge in [-0.3, -0.25) is 0 Å². The first-order valence-electron chi connectivity index (χ1n) is 8.86. The van der Waals surface area contributed by atoms with E-state index in [1.807, 2.05) is 6.92 Å². The van der Waals surface area contributed by atoms with Gasteiger partial charge in [0.15, 0.2) is 6.29 Å². The molecule has 0 aliphatic heterocycles. The number of ether oxygens (including phenoxy) is 3. The Morgan fingerprint density at radius 1 is 0.958 bits per heavy atom. The fourth-order valence-corrected chi connectivity index (χ4v) is 2.14. The standard InChI is InChI=1S/C19H30O5/c1-3-5-6-7-14-23-18(22-13-4-2)12-15-24-19(21)16-8-10-17(20)11-9-16/h8-11,18,20H,3-7,12-15H2,1-2H3. The molecule has 0 aromatic heterocycles. The van der Waals surface area contributed by atoms with Crippen molar-refractivity contribution >= 4 is 5.97 Å². The summed E-state index contributed by atoms with van der Waals surface area (Å²) in [6.45, 7) is 5.76. The lowest BCUT2D eigenvalue weighted by Crippen LogP contribution is -2.21. The average Bonchev–Trinajstić information content (AvgIpc) is 2.59. The molecule has 5 nitrogen and oxygen atoms in total. The van der Waals surface area contributed by atoms with Crippen molar-refractivity contribution in [1.82, 2.24) is 0 Å². The maximum atomic E-state index is 11.9. The van der Waals surface area contributed by atoms with Gasteiger partial charge in [0.05, 0.1) is 12.2 Å². The van der Waals surface area contributed by atoms with Crippen LogP contribution in [0.15, 0.2) is 24.3 Å². The van der Waals surface area contributed by atoms with Gasteiger partial charge in [-0.2, -0.15) is 0 Å². The molecule has 0 aliphatic rings. The molecule has 1 atom stereocenters. The van der Waals surface area contributed by atoms with Crippen molar-refractivity contribution in [2.45, 2.75) is 58.7 Å². The lowest BCUT2D eigenvalue weighted by atomic mass is 10.2. The zero-order chi connectivity index (χ0) is 17.6. The molecular formula is C19H30O5. The van der Waals surface area contributed by atoms with Crippen LogP contribution in [-0.2, 0) is 14.2 Å². The minimum atomic E-state index is -0.410. The lowest BCUT2D eigenvalue weighted by molar-refractivity contribution is -0.151. The summed E-state index contributed by atoms with van der Waals surface area (Å²) < 4.78 is 16.6. The van der Waals surface area contributed by atoms with Crippen LogP contribution in [0.3, 0.4) is 0 Å². The summed E-state index contributed by atoms with van der Waals surface area (Å²) in [5.74, 6) is -0.289. The van der Waals surface area contributed by atoms with Gasteiger partial charge in [0.25, 0.3) is 0 Å². The zero-order valence-electron chi connectivity index (χ0n) is 14.8. The second-order valence-corrected chi connectivity index (χ2v) is 5.70. The SMILES string of the molecule is CCCCCCOC(CCOC(=O)c1ccc(O)cc1)OCCC. The first-order valence-corrected chi connectivity index (χ1v) is 8.86. The molecule has 1 aromatic carbocycles. The molecule has 0 fully saturated rings. The summed E-state index contributed by atoms with van der Waals surface area (Å²) in [5, 5.41) is 9.22. The van der Waals surface area contributed by atoms with Crippen LogP contribution in [0.25, 0.3) is 0 Å². The maximum Gasteiger partial charge on any atom is 0.338 e. The van der Waals surface area contributed by atoms with Crippen molar-refractivity contribution in [2.24, 2.45) is 0 Å². The third kappa shape index (κ3) is 8.89. The Morgan fingerprint density at radius 3 is 2.33 bits per heavy atom. The van der Waals surface area contributed by atoms with Gasteiger partial charge in [0.1, 0.15) is 5.75 Å². The quantitative estimate of drug-likeness (QED) is 0.330. The molecule has 24 heavy (non-hydrogen) atoms. The molecule has 0 saturated carbocycles. The third-order valence-electron chi connectivity index (χ3n) is 3.50. The molecule has 0 spiro atoms. The number of carbonyl (C=O) groups excluding carboxylic acids is 1. The Kier molecular flexibility index (Phi) is 10.9. The number of unbranched alkanes of at least 4 members (excludes halogenated alkanes) is 3. The van der Waals surface area contributed by atoms with Crippen LogP contribution in [0.5, 0.6) is 5.75 Å². The number of hydrogen-bond donors (Lipinski definition) is 1. The van der Waals surface area contributed by atoms with Crippen LogP contribution in [0, 0.1) is 0 Å². The lowest BCUT2D eigenvalue weighted by Gasteiger charge is -2.18. The monoisotopic (exact) mass is 338 g/mol. The van der Waals surface area contributed by atoms with E-state index in [1.165, 1.54) is 37.1 Å². The van der Waals surface area contributed by atoms with Crippen LogP contribution in [-0.4, -0.2) is 37.2 Å². The van der Waals surface area contributed by atoms with E-state index >= 15 is 0 Å². The molecule has 1 aromatic rings. The van der Waals surface area contributed by atoms with Crippen LogP contribution < -0.4 is 0 Å². The highest BCUT2D eigenvalue weighted by Crippen LogP contribution is 2.11. The molecule has 136 valence electrons. The Bertz CT molecular complexity index is 444. The Balaban J connectivity index is 2.29.